The van der Waals surface area contributed by atoms with Crippen LogP contribution in [0.3, 0.4) is 0 Å². The highest BCUT2D eigenvalue weighted by molar-refractivity contribution is 9.10. The van der Waals surface area contributed by atoms with Crippen molar-refractivity contribution in [1.82, 2.24) is 4.90 Å². The first-order valence-corrected chi connectivity index (χ1v) is 8.07. The number of halogens is 1. The zero-order valence-corrected chi connectivity index (χ0v) is 14.8. The second kappa shape index (κ2) is 6.10. The van der Waals surface area contributed by atoms with Crippen LogP contribution in [0.4, 0.5) is 0 Å². The summed E-state index contributed by atoms with van der Waals surface area (Å²) in [5.74, 6) is -1.40. The van der Waals surface area contributed by atoms with Gasteiger partial charge in [-0.15, -0.1) is 0 Å². The number of carboxylic acid groups (broad SMARTS) is 1. The molecule has 7 nitrogen and oxygen atoms in total. The molecule has 3 rings (SSSR count). The van der Waals surface area contributed by atoms with Crippen LogP contribution >= 0.6 is 15.9 Å². The van der Waals surface area contributed by atoms with Crippen molar-refractivity contribution in [1.29, 1.82) is 0 Å². The van der Waals surface area contributed by atoms with Crippen molar-refractivity contribution < 1.29 is 28.6 Å². The molecule has 0 radical (unpaired) electrons. The number of benzene rings is 1. The van der Waals surface area contributed by atoms with Gasteiger partial charge in [-0.2, -0.15) is 0 Å². The summed E-state index contributed by atoms with van der Waals surface area (Å²) >= 11 is 3.35. The summed E-state index contributed by atoms with van der Waals surface area (Å²) in [4.78, 5) is 25.9. The minimum Gasteiger partial charge on any atom is -0.486 e. The maximum absolute atomic E-state index is 12.9. The second-order valence-corrected chi connectivity index (χ2v) is 6.63. The van der Waals surface area contributed by atoms with Crippen molar-refractivity contribution in [2.75, 3.05) is 26.9 Å². The van der Waals surface area contributed by atoms with Gasteiger partial charge in [0.25, 0.3) is 5.91 Å². The highest BCUT2D eigenvalue weighted by Gasteiger charge is 2.48. The number of hydrogen-bond donors (Lipinski definition) is 1. The van der Waals surface area contributed by atoms with Gasteiger partial charge in [0.15, 0.2) is 11.3 Å². The van der Waals surface area contributed by atoms with Crippen LogP contribution in [0.2, 0.25) is 0 Å². The molecule has 0 fully saturated rings. The number of fused-ring (bicyclic) bond motifs is 3. The summed E-state index contributed by atoms with van der Waals surface area (Å²) in [6.45, 7) is 1.58. The number of methoxy groups -OCH3 is 1. The number of rotatable bonds is 4. The van der Waals surface area contributed by atoms with Crippen LogP contribution in [0.1, 0.15) is 17.5 Å². The molecule has 1 aliphatic rings. The molecule has 1 atom stereocenters. The van der Waals surface area contributed by atoms with Crippen LogP contribution in [-0.4, -0.2) is 54.3 Å². The zero-order valence-electron chi connectivity index (χ0n) is 13.2. The van der Waals surface area contributed by atoms with Crippen molar-refractivity contribution in [2.24, 2.45) is 0 Å². The van der Waals surface area contributed by atoms with E-state index in [-0.39, 0.29) is 31.3 Å². The maximum Gasteiger partial charge on any atom is 0.332 e. The third kappa shape index (κ3) is 2.55. The molecule has 0 spiro atoms. The molecule has 24 heavy (non-hydrogen) atoms. The number of furan rings is 1. The van der Waals surface area contributed by atoms with Crippen LogP contribution in [0, 0.1) is 0 Å². The fourth-order valence-corrected chi connectivity index (χ4v) is 3.02. The van der Waals surface area contributed by atoms with Gasteiger partial charge in [-0.3, -0.25) is 4.79 Å². The Kier molecular flexibility index (Phi) is 4.27. The van der Waals surface area contributed by atoms with Gasteiger partial charge in [0.05, 0.1) is 12.0 Å². The van der Waals surface area contributed by atoms with Crippen molar-refractivity contribution in [3.63, 3.8) is 0 Å². The largest absolute Gasteiger partial charge is 0.486 e. The average Bonchev–Trinajstić information content (AvgIpc) is 2.85. The normalized spacial score (nSPS) is 20.6. The van der Waals surface area contributed by atoms with Crippen molar-refractivity contribution >= 4 is 38.8 Å². The van der Waals surface area contributed by atoms with Gasteiger partial charge in [-0.25, -0.2) is 4.79 Å². The van der Waals surface area contributed by atoms with Gasteiger partial charge < -0.3 is 23.9 Å². The molecular formula is C16H16BrNO6. The Morgan fingerprint density at radius 1 is 1.50 bits per heavy atom. The number of amides is 1. The molecule has 1 amide bonds. The fourth-order valence-electron chi connectivity index (χ4n) is 2.68. The van der Waals surface area contributed by atoms with E-state index in [1.54, 1.807) is 18.2 Å². The van der Waals surface area contributed by atoms with Crippen LogP contribution in [0.25, 0.3) is 11.0 Å². The first kappa shape index (κ1) is 16.8. The van der Waals surface area contributed by atoms with E-state index in [2.05, 4.69) is 15.9 Å². The topological polar surface area (TPSA) is 89.2 Å². The van der Waals surface area contributed by atoms with E-state index in [1.807, 2.05) is 0 Å². The number of ether oxygens (including phenoxy) is 2. The molecule has 8 heteroatoms. The summed E-state index contributed by atoms with van der Waals surface area (Å²) in [5, 5.41) is 10.3. The molecular weight excluding hydrogens is 382 g/mol. The Morgan fingerprint density at radius 2 is 2.25 bits per heavy atom. The minimum absolute atomic E-state index is 0.00387. The van der Waals surface area contributed by atoms with Crippen LogP contribution in [-0.2, 0) is 9.53 Å². The van der Waals surface area contributed by atoms with Gasteiger partial charge in [0, 0.05) is 18.1 Å². The van der Waals surface area contributed by atoms with Gasteiger partial charge in [0.2, 0.25) is 5.76 Å². The quantitative estimate of drug-likeness (QED) is 0.852. The first-order chi connectivity index (χ1) is 11.4. The lowest BCUT2D eigenvalue weighted by Gasteiger charge is -2.34. The lowest BCUT2D eigenvalue weighted by Crippen LogP contribution is -2.58. The number of nitrogens with zero attached hydrogens (tertiary/aromatic N) is 1. The van der Waals surface area contributed by atoms with E-state index in [9.17, 15) is 14.7 Å². The number of carbonyl (C=O) groups excluding carboxylic acids is 1. The molecule has 1 aromatic carbocycles. The summed E-state index contributed by atoms with van der Waals surface area (Å²) < 4.78 is 17.2. The smallest absolute Gasteiger partial charge is 0.332 e. The Labute approximate surface area is 146 Å². The van der Waals surface area contributed by atoms with Crippen LogP contribution in [0.5, 0.6) is 5.75 Å². The average molecular weight is 398 g/mol. The van der Waals surface area contributed by atoms with E-state index in [1.165, 1.54) is 18.9 Å². The van der Waals surface area contributed by atoms with E-state index < -0.39 is 17.4 Å². The van der Waals surface area contributed by atoms with Gasteiger partial charge in [-0.05, 0) is 25.1 Å². The Hall–Kier alpha value is -2.06. The lowest BCUT2D eigenvalue weighted by molar-refractivity contribution is -0.150. The molecule has 0 aliphatic carbocycles. The molecule has 1 N–H and O–H groups in total. The van der Waals surface area contributed by atoms with Crippen LogP contribution in [0.15, 0.2) is 27.1 Å². The molecule has 0 saturated carbocycles. The van der Waals surface area contributed by atoms with Crippen molar-refractivity contribution in [2.45, 2.75) is 12.5 Å². The van der Waals surface area contributed by atoms with Crippen LogP contribution < -0.4 is 4.74 Å². The molecule has 2 heterocycles. The predicted molar refractivity (Wildman–Crippen MR) is 88.4 cm³/mol. The summed E-state index contributed by atoms with van der Waals surface area (Å²) in [6, 6.07) is 5.30. The lowest BCUT2D eigenvalue weighted by atomic mass is 10.0. The number of aliphatic carboxylic acids is 1. The summed E-state index contributed by atoms with van der Waals surface area (Å²) in [6.07, 6.45) is 0. The molecule has 0 unspecified atom stereocenters. The molecule has 2 aromatic rings. The van der Waals surface area contributed by atoms with E-state index in [0.717, 1.165) is 4.47 Å². The molecule has 0 bridgehead atoms. The van der Waals surface area contributed by atoms with Gasteiger partial charge in [0.1, 0.15) is 12.2 Å². The molecule has 1 aliphatic heterocycles. The predicted octanol–water partition coefficient (Wildman–Crippen LogP) is 2.52. The second-order valence-electron chi connectivity index (χ2n) is 5.72. The maximum atomic E-state index is 12.9. The monoisotopic (exact) mass is 397 g/mol. The zero-order chi connectivity index (χ0) is 17.5. The molecule has 128 valence electrons. The van der Waals surface area contributed by atoms with Gasteiger partial charge >= 0.3 is 5.97 Å². The minimum atomic E-state index is -1.52. The Balaban J connectivity index is 2.13. The molecule has 1 aromatic heterocycles. The highest BCUT2D eigenvalue weighted by Crippen LogP contribution is 2.39. The SMILES string of the molecule is COCCN1C(=O)c2oc3cc(Br)ccc3c2OC[C@]1(C)C(=O)O. The fraction of sp³-hybridized carbons (Fsp3) is 0.375. The van der Waals surface area contributed by atoms with E-state index in [4.69, 9.17) is 13.9 Å². The third-order valence-corrected chi connectivity index (χ3v) is 4.61. The first-order valence-electron chi connectivity index (χ1n) is 7.27. The standard InChI is InChI=1S/C16H16BrNO6/c1-16(15(20)21)8-23-12-10-4-3-9(17)7-11(10)24-13(12)14(19)18(16)5-6-22-2/h3-4,7H,5-6,8H2,1-2H3,(H,20,21)/t16-/m1/s1. The van der Waals surface area contributed by atoms with Gasteiger partial charge in [-0.1, -0.05) is 15.9 Å². The third-order valence-electron chi connectivity index (χ3n) is 4.12. The number of hydrogen-bond acceptors (Lipinski definition) is 5. The summed E-state index contributed by atoms with van der Waals surface area (Å²) in [5.41, 5.74) is -1.02. The number of carbonyl (C=O) groups is 2. The van der Waals surface area contributed by atoms with Crippen molar-refractivity contribution in [3.8, 4) is 5.75 Å². The Morgan fingerprint density at radius 3 is 2.92 bits per heavy atom. The van der Waals surface area contributed by atoms with E-state index in [0.29, 0.717) is 11.0 Å². The Bertz CT molecular complexity index is 816. The van der Waals surface area contributed by atoms with E-state index >= 15 is 0 Å². The number of carboxylic acids is 1. The summed E-state index contributed by atoms with van der Waals surface area (Å²) in [7, 11) is 1.49. The van der Waals surface area contributed by atoms with Crippen molar-refractivity contribution in [3.05, 3.63) is 28.4 Å². The highest BCUT2D eigenvalue weighted by atomic mass is 79.9. The molecule has 0 saturated heterocycles.